The SMILES string of the molecule is CC(C)OC(=O)OCOC(=O)c1ccc2c(c1)nc(OCCOCCCCNCc1cc(F)c(OC(F)(F)F)c(F)c1)c1ccncc12. The summed E-state index contributed by atoms with van der Waals surface area (Å²) in [7, 11) is 0. The molecular weight excluding hydrogens is 649 g/mol. The van der Waals surface area contributed by atoms with Gasteiger partial charge in [-0.25, -0.2) is 23.4 Å². The van der Waals surface area contributed by atoms with Gasteiger partial charge in [-0.1, -0.05) is 6.07 Å². The van der Waals surface area contributed by atoms with Gasteiger partial charge < -0.3 is 33.7 Å². The van der Waals surface area contributed by atoms with Crippen molar-refractivity contribution in [2.75, 3.05) is 33.2 Å². The molecule has 0 aliphatic carbocycles. The Labute approximate surface area is 271 Å². The lowest BCUT2D eigenvalue weighted by Crippen LogP contribution is -2.20. The van der Waals surface area contributed by atoms with Crippen LogP contribution in [0.2, 0.25) is 0 Å². The second kappa shape index (κ2) is 16.8. The van der Waals surface area contributed by atoms with Crippen LogP contribution in [-0.4, -0.2) is 67.7 Å². The Hall–Kier alpha value is -4.83. The van der Waals surface area contributed by atoms with Gasteiger partial charge in [0.1, 0.15) is 6.61 Å². The van der Waals surface area contributed by atoms with Gasteiger partial charge in [-0.3, -0.25) is 4.98 Å². The average Bonchev–Trinajstić information content (AvgIpc) is 3.02. The zero-order valence-electron chi connectivity index (χ0n) is 25.9. The van der Waals surface area contributed by atoms with Crippen LogP contribution in [0.25, 0.3) is 21.7 Å². The van der Waals surface area contributed by atoms with Gasteiger partial charge in [0.15, 0.2) is 11.6 Å². The summed E-state index contributed by atoms with van der Waals surface area (Å²) >= 11 is 0. The minimum atomic E-state index is -5.20. The molecule has 2 heterocycles. The van der Waals surface area contributed by atoms with Crippen LogP contribution in [0, 0.1) is 11.6 Å². The summed E-state index contributed by atoms with van der Waals surface area (Å²) in [5, 5.41) is 5.15. The molecule has 0 atom stereocenters. The summed E-state index contributed by atoms with van der Waals surface area (Å²) in [6.45, 7) is 4.02. The fraction of sp³-hybridized carbons (Fsp3) is 0.375. The average molecular weight is 682 g/mol. The van der Waals surface area contributed by atoms with E-state index in [4.69, 9.17) is 23.7 Å². The number of benzene rings is 2. The summed E-state index contributed by atoms with van der Waals surface area (Å²) < 4.78 is 94.0. The number of alkyl halides is 3. The Morgan fingerprint density at radius 1 is 0.917 bits per heavy atom. The molecule has 0 aliphatic rings. The van der Waals surface area contributed by atoms with Crippen LogP contribution in [0.15, 0.2) is 48.8 Å². The van der Waals surface area contributed by atoms with Crippen LogP contribution >= 0.6 is 0 Å². The van der Waals surface area contributed by atoms with Crippen molar-refractivity contribution in [1.82, 2.24) is 15.3 Å². The van der Waals surface area contributed by atoms with Gasteiger partial charge in [0.2, 0.25) is 18.4 Å². The highest BCUT2D eigenvalue weighted by atomic mass is 19.4. The monoisotopic (exact) mass is 681 g/mol. The molecule has 11 nitrogen and oxygen atoms in total. The minimum absolute atomic E-state index is 0.0447. The van der Waals surface area contributed by atoms with E-state index in [9.17, 15) is 31.5 Å². The predicted molar refractivity (Wildman–Crippen MR) is 160 cm³/mol. The molecule has 1 N–H and O–H groups in total. The number of nitrogens with one attached hydrogen (secondary N) is 1. The third-order valence-corrected chi connectivity index (χ3v) is 6.46. The predicted octanol–water partition coefficient (Wildman–Crippen LogP) is 6.60. The van der Waals surface area contributed by atoms with Gasteiger partial charge in [-0.05, 0) is 69.1 Å². The number of ether oxygens (including phenoxy) is 6. The molecule has 0 aliphatic heterocycles. The molecule has 16 heteroatoms. The maximum Gasteiger partial charge on any atom is 0.573 e. The molecule has 0 amide bonds. The lowest BCUT2D eigenvalue weighted by molar-refractivity contribution is -0.276. The molecule has 0 saturated carbocycles. The molecular formula is C32H32F5N3O8. The van der Waals surface area contributed by atoms with Gasteiger partial charge in [0.05, 0.1) is 23.8 Å². The van der Waals surface area contributed by atoms with Crippen molar-refractivity contribution in [3.05, 3.63) is 71.6 Å². The van der Waals surface area contributed by atoms with Crippen molar-refractivity contribution in [2.45, 2.75) is 45.7 Å². The highest BCUT2D eigenvalue weighted by Crippen LogP contribution is 2.31. The fourth-order valence-electron chi connectivity index (χ4n) is 4.41. The van der Waals surface area contributed by atoms with Gasteiger partial charge in [0.25, 0.3) is 0 Å². The van der Waals surface area contributed by atoms with Crippen molar-refractivity contribution < 1.29 is 60.0 Å². The number of carbonyl (C=O) groups is 2. The van der Waals surface area contributed by atoms with Crippen LogP contribution in [0.5, 0.6) is 11.6 Å². The molecule has 2 aromatic carbocycles. The van der Waals surface area contributed by atoms with Gasteiger partial charge in [0, 0.05) is 41.7 Å². The number of unbranched alkanes of at least 4 members (excludes halogenated alkanes) is 1. The van der Waals surface area contributed by atoms with Gasteiger partial charge in [-0.15, -0.1) is 13.2 Å². The Balaban J connectivity index is 1.21. The van der Waals surface area contributed by atoms with Crippen molar-refractivity contribution >= 4 is 33.8 Å². The Morgan fingerprint density at radius 3 is 2.42 bits per heavy atom. The maximum atomic E-state index is 13.8. The number of carbonyl (C=O) groups excluding carboxylic acids is 2. The third kappa shape index (κ3) is 10.6. The first kappa shape index (κ1) is 36.0. The molecule has 0 spiro atoms. The van der Waals surface area contributed by atoms with E-state index in [1.807, 2.05) is 0 Å². The highest BCUT2D eigenvalue weighted by Gasteiger charge is 2.34. The van der Waals surface area contributed by atoms with Gasteiger partial charge >= 0.3 is 18.5 Å². The summed E-state index contributed by atoms with van der Waals surface area (Å²) in [6.07, 6.45) is -1.97. The second-order valence-electron chi connectivity index (χ2n) is 10.5. The number of aromatic nitrogens is 2. The number of hydrogen-bond donors (Lipinski definition) is 1. The van der Waals surface area contributed by atoms with Crippen LogP contribution in [0.4, 0.5) is 26.7 Å². The molecule has 2 aromatic heterocycles. The first-order valence-electron chi connectivity index (χ1n) is 14.7. The summed E-state index contributed by atoms with van der Waals surface area (Å²) in [6, 6.07) is 8.11. The second-order valence-corrected chi connectivity index (χ2v) is 10.5. The normalized spacial score (nSPS) is 11.6. The molecule has 0 bridgehead atoms. The highest BCUT2D eigenvalue weighted by molar-refractivity contribution is 6.08. The fourth-order valence-corrected chi connectivity index (χ4v) is 4.41. The quantitative estimate of drug-likeness (QED) is 0.0452. The van der Waals surface area contributed by atoms with E-state index in [0.717, 1.165) is 22.9 Å². The summed E-state index contributed by atoms with van der Waals surface area (Å²) in [5.74, 6) is -4.80. The number of esters is 1. The van der Waals surface area contributed by atoms with Gasteiger partial charge in [-0.2, -0.15) is 0 Å². The Kier molecular flexibility index (Phi) is 12.6. The lowest BCUT2D eigenvalue weighted by atomic mass is 10.1. The molecule has 0 radical (unpaired) electrons. The van der Waals surface area contributed by atoms with E-state index in [0.29, 0.717) is 42.8 Å². The first-order valence-corrected chi connectivity index (χ1v) is 14.7. The number of rotatable bonds is 16. The molecule has 0 fully saturated rings. The van der Waals surface area contributed by atoms with Crippen molar-refractivity contribution in [3.63, 3.8) is 0 Å². The molecule has 4 aromatic rings. The number of halogens is 5. The van der Waals surface area contributed by atoms with E-state index < -0.39 is 42.7 Å². The van der Waals surface area contributed by atoms with Crippen LogP contribution in [-0.2, 0) is 25.5 Å². The molecule has 48 heavy (non-hydrogen) atoms. The van der Waals surface area contributed by atoms with Crippen LogP contribution < -0.4 is 14.8 Å². The van der Waals surface area contributed by atoms with E-state index in [1.165, 1.54) is 6.07 Å². The summed E-state index contributed by atoms with van der Waals surface area (Å²) in [5.41, 5.74) is 0.755. The molecule has 0 saturated heterocycles. The smallest absolute Gasteiger partial charge is 0.475 e. The summed E-state index contributed by atoms with van der Waals surface area (Å²) in [4.78, 5) is 32.8. The van der Waals surface area contributed by atoms with Crippen molar-refractivity contribution in [3.8, 4) is 11.6 Å². The Bertz CT molecular complexity index is 1700. The van der Waals surface area contributed by atoms with Crippen LogP contribution in [0.1, 0.15) is 42.6 Å². The van der Waals surface area contributed by atoms with Crippen molar-refractivity contribution in [2.24, 2.45) is 0 Å². The molecule has 0 unspecified atom stereocenters. The number of nitrogens with zero attached hydrogens (tertiary/aromatic N) is 2. The van der Waals surface area contributed by atoms with E-state index in [1.54, 1.807) is 44.4 Å². The van der Waals surface area contributed by atoms with E-state index in [-0.39, 0.29) is 37.0 Å². The molecule has 4 rings (SSSR count). The Morgan fingerprint density at radius 2 is 1.69 bits per heavy atom. The zero-order chi connectivity index (χ0) is 34.7. The minimum Gasteiger partial charge on any atom is -0.475 e. The van der Waals surface area contributed by atoms with E-state index in [2.05, 4.69) is 20.0 Å². The zero-order valence-corrected chi connectivity index (χ0v) is 25.9. The molecule has 258 valence electrons. The van der Waals surface area contributed by atoms with Crippen LogP contribution in [0.3, 0.4) is 0 Å². The maximum absolute atomic E-state index is 13.8. The van der Waals surface area contributed by atoms with Crippen molar-refractivity contribution in [1.29, 1.82) is 0 Å². The number of fused-ring (bicyclic) bond motifs is 3. The lowest BCUT2D eigenvalue weighted by Gasteiger charge is -2.12. The largest absolute Gasteiger partial charge is 0.573 e. The topological polar surface area (TPSA) is 127 Å². The standard InChI is InChI=1S/C32H32F5N3O8/c1-19(2)47-31(42)46-18-45-30(41)21-5-6-22-24-17-39-9-7-23(24)29(40-27(22)15-21)44-12-11-43-10-4-3-8-38-16-20-13-25(33)28(26(34)14-20)48-32(35,36)37/h5-7,9,13-15,17,19,38H,3-4,8,10-12,16,18H2,1-2H3. The number of pyridine rings is 2. The third-order valence-electron chi connectivity index (χ3n) is 6.46. The first-order chi connectivity index (χ1) is 22.9. The van der Waals surface area contributed by atoms with E-state index >= 15 is 0 Å². The number of hydrogen-bond acceptors (Lipinski definition) is 11.